The summed E-state index contributed by atoms with van der Waals surface area (Å²) in [6.07, 6.45) is 0. The average molecular weight is 413 g/mol. The number of carbonyl (C=O) groups excluding carboxylic acids is 1. The number of rotatable bonds is 5. The van der Waals surface area contributed by atoms with Crippen LogP contribution >= 0.6 is 22.6 Å². The highest BCUT2D eigenvalue weighted by Crippen LogP contribution is 2.34. The summed E-state index contributed by atoms with van der Waals surface area (Å²) in [7, 11) is 4.55. The van der Waals surface area contributed by atoms with Gasteiger partial charge in [0.05, 0.1) is 26.9 Å². The van der Waals surface area contributed by atoms with Crippen LogP contribution in [0, 0.1) is 3.57 Å². The standard InChI is InChI=1S/C16H16INO4/c1-20-13-9-15(22-3)14(21-2)8-12(13)16(19)18-11-6-4-5-10(17)7-11/h4-9H,1-3H3,(H,18,19). The van der Waals surface area contributed by atoms with Crippen LogP contribution in [-0.2, 0) is 0 Å². The van der Waals surface area contributed by atoms with Crippen molar-refractivity contribution in [2.75, 3.05) is 26.6 Å². The minimum absolute atomic E-state index is 0.278. The summed E-state index contributed by atoms with van der Waals surface area (Å²) >= 11 is 2.19. The van der Waals surface area contributed by atoms with Gasteiger partial charge in [0.2, 0.25) is 0 Å². The summed E-state index contributed by atoms with van der Waals surface area (Å²) in [4.78, 5) is 12.5. The summed E-state index contributed by atoms with van der Waals surface area (Å²) in [5.74, 6) is 1.11. The Balaban J connectivity index is 2.36. The van der Waals surface area contributed by atoms with Gasteiger partial charge in [-0.2, -0.15) is 0 Å². The Morgan fingerprint density at radius 3 is 2.18 bits per heavy atom. The Morgan fingerprint density at radius 2 is 1.59 bits per heavy atom. The maximum absolute atomic E-state index is 12.5. The highest BCUT2D eigenvalue weighted by Gasteiger charge is 2.17. The van der Waals surface area contributed by atoms with Crippen LogP contribution in [0.15, 0.2) is 36.4 Å². The Bertz CT molecular complexity index is 688. The number of carbonyl (C=O) groups is 1. The van der Waals surface area contributed by atoms with E-state index in [9.17, 15) is 4.79 Å². The molecule has 116 valence electrons. The largest absolute Gasteiger partial charge is 0.496 e. The van der Waals surface area contributed by atoms with E-state index in [0.717, 1.165) is 3.57 Å². The van der Waals surface area contributed by atoms with Gasteiger partial charge in [0.15, 0.2) is 11.5 Å². The summed E-state index contributed by atoms with van der Waals surface area (Å²) in [5, 5.41) is 2.84. The molecule has 1 N–H and O–H groups in total. The Morgan fingerprint density at radius 1 is 0.955 bits per heavy atom. The highest BCUT2D eigenvalue weighted by atomic mass is 127. The van der Waals surface area contributed by atoms with Gasteiger partial charge in [-0.3, -0.25) is 4.79 Å². The predicted octanol–water partition coefficient (Wildman–Crippen LogP) is 3.57. The number of benzene rings is 2. The number of nitrogens with one attached hydrogen (secondary N) is 1. The molecule has 0 unspecified atom stereocenters. The molecule has 0 spiro atoms. The molecule has 0 saturated heterocycles. The molecular weight excluding hydrogens is 397 g/mol. The molecule has 2 aromatic rings. The lowest BCUT2D eigenvalue weighted by Crippen LogP contribution is -2.13. The van der Waals surface area contributed by atoms with E-state index >= 15 is 0 Å². The van der Waals surface area contributed by atoms with Gasteiger partial charge in [-0.15, -0.1) is 0 Å². The van der Waals surface area contributed by atoms with Crippen LogP contribution in [0.5, 0.6) is 17.2 Å². The average Bonchev–Trinajstić information content (AvgIpc) is 2.53. The number of anilines is 1. The van der Waals surface area contributed by atoms with Crippen LogP contribution < -0.4 is 19.5 Å². The second-order valence-corrected chi connectivity index (χ2v) is 5.62. The number of halogens is 1. The van der Waals surface area contributed by atoms with E-state index in [1.165, 1.54) is 21.3 Å². The first-order valence-corrected chi connectivity index (χ1v) is 7.54. The molecule has 5 nitrogen and oxygen atoms in total. The van der Waals surface area contributed by atoms with Gasteiger partial charge in [0, 0.05) is 21.4 Å². The van der Waals surface area contributed by atoms with Crippen LogP contribution in [0.2, 0.25) is 0 Å². The molecule has 0 aromatic heterocycles. The van der Waals surface area contributed by atoms with E-state index in [1.54, 1.807) is 12.1 Å². The zero-order chi connectivity index (χ0) is 16.1. The highest BCUT2D eigenvalue weighted by molar-refractivity contribution is 14.1. The summed E-state index contributed by atoms with van der Waals surface area (Å²) in [5.41, 5.74) is 1.09. The third-order valence-electron chi connectivity index (χ3n) is 3.03. The van der Waals surface area contributed by atoms with Gasteiger partial charge >= 0.3 is 0 Å². The fourth-order valence-corrected chi connectivity index (χ4v) is 2.51. The fraction of sp³-hybridized carbons (Fsp3) is 0.188. The number of hydrogen-bond donors (Lipinski definition) is 1. The summed E-state index contributed by atoms with van der Waals surface area (Å²) in [6, 6.07) is 10.8. The van der Waals surface area contributed by atoms with E-state index in [-0.39, 0.29) is 5.91 Å². The van der Waals surface area contributed by atoms with Crippen molar-refractivity contribution in [1.82, 2.24) is 0 Å². The fourth-order valence-electron chi connectivity index (χ4n) is 1.97. The molecule has 2 aromatic carbocycles. The Labute approximate surface area is 142 Å². The molecule has 0 saturated carbocycles. The van der Waals surface area contributed by atoms with Crippen molar-refractivity contribution >= 4 is 34.2 Å². The molecule has 0 radical (unpaired) electrons. The van der Waals surface area contributed by atoms with Crippen molar-refractivity contribution in [3.8, 4) is 17.2 Å². The lowest BCUT2D eigenvalue weighted by atomic mass is 10.1. The topological polar surface area (TPSA) is 56.8 Å². The lowest BCUT2D eigenvalue weighted by molar-refractivity contribution is 0.102. The van der Waals surface area contributed by atoms with Crippen molar-refractivity contribution in [2.45, 2.75) is 0 Å². The first kappa shape index (κ1) is 16.4. The minimum Gasteiger partial charge on any atom is -0.496 e. The molecule has 22 heavy (non-hydrogen) atoms. The van der Waals surface area contributed by atoms with Gasteiger partial charge in [-0.05, 0) is 40.8 Å². The van der Waals surface area contributed by atoms with E-state index in [4.69, 9.17) is 14.2 Å². The van der Waals surface area contributed by atoms with Crippen LogP contribution in [0.1, 0.15) is 10.4 Å². The van der Waals surface area contributed by atoms with Crippen molar-refractivity contribution in [3.05, 3.63) is 45.5 Å². The molecule has 0 aliphatic rings. The number of hydrogen-bond acceptors (Lipinski definition) is 4. The summed E-state index contributed by atoms with van der Waals surface area (Å²) in [6.45, 7) is 0. The van der Waals surface area contributed by atoms with Crippen molar-refractivity contribution in [1.29, 1.82) is 0 Å². The second-order valence-electron chi connectivity index (χ2n) is 4.37. The number of amides is 1. The first-order valence-electron chi connectivity index (χ1n) is 6.46. The SMILES string of the molecule is COc1cc(OC)c(C(=O)Nc2cccc(I)c2)cc1OC. The quantitative estimate of drug-likeness (QED) is 0.762. The molecule has 0 fully saturated rings. The molecule has 1 amide bonds. The van der Waals surface area contributed by atoms with Gasteiger partial charge in [-0.25, -0.2) is 0 Å². The van der Waals surface area contributed by atoms with E-state index < -0.39 is 0 Å². The van der Waals surface area contributed by atoms with Gasteiger partial charge in [0.25, 0.3) is 5.91 Å². The molecule has 2 rings (SSSR count). The zero-order valence-corrected chi connectivity index (χ0v) is 14.6. The van der Waals surface area contributed by atoms with Gasteiger partial charge in [0.1, 0.15) is 5.75 Å². The van der Waals surface area contributed by atoms with Crippen molar-refractivity contribution < 1.29 is 19.0 Å². The van der Waals surface area contributed by atoms with E-state index in [0.29, 0.717) is 28.5 Å². The molecule has 0 bridgehead atoms. The third-order valence-corrected chi connectivity index (χ3v) is 3.70. The molecule has 0 atom stereocenters. The van der Waals surface area contributed by atoms with E-state index in [2.05, 4.69) is 27.9 Å². The molecule has 0 aliphatic carbocycles. The van der Waals surface area contributed by atoms with Crippen molar-refractivity contribution in [3.63, 3.8) is 0 Å². The van der Waals surface area contributed by atoms with Crippen LogP contribution in [0.3, 0.4) is 0 Å². The lowest BCUT2D eigenvalue weighted by Gasteiger charge is -2.14. The van der Waals surface area contributed by atoms with Crippen LogP contribution in [0.25, 0.3) is 0 Å². The van der Waals surface area contributed by atoms with Gasteiger partial charge < -0.3 is 19.5 Å². The van der Waals surface area contributed by atoms with Crippen LogP contribution in [0.4, 0.5) is 5.69 Å². The third kappa shape index (κ3) is 3.62. The van der Waals surface area contributed by atoms with Crippen molar-refractivity contribution in [2.24, 2.45) is 0 Å². The van der Waals surface area contributed by atoms with Gasteiger partial charge in [-0.1, -0.05) is 6.07 Å². The number of ether oxygens (including phenoxy) is 3. The maximum Gasteiger partial charge on any atom is 0.259 e. The monoisotopic (exact) mass is 413 g/mol. The molecule has 0 aliphatic heterocycles. The Kier molecular flexibility index (Phi) is 5.48. The maximum atomic E-state index is 12.5. The second kappa shape index (κ2) is 7.35. The minimum atomic E-state index is -0.278. The molecular formula is C16H16INO4. The normalized spacial score (nSPS) is 10.0. The van der Waals surface area contributed by atoms with Crippen LogP contribution in [-0.4, -0.2) is 27.2 Å². The summed E-state index contributed by atoms with van der Waals surface area (Å²) < 4.78 is 16.8. The smallest absolute Gasteiger partial charge is 0.259 e. The molecule has 6 heteroatoms. The first-order chi connectivity index (χ1) is 10.6. The zero-order valence-electron chi connectivity index (χ0n) is 12.5. The van der Waals surface area contributed by atoms with E-state index in [1.807, 2.05) is 24.3 Å². The molecule has 0 heterocycles. The predicted molar refractivity (Wildman–Crippen MR) is 93.2 cm³/mol. The Hall–Kier alpha value is -1.96. The number of methoxy groups -OCH3 is 3.